The second kappa shape index (κ2) is 6.61. The summed E-state index contributed by atoms with van der Waals surface area (Å²) in [5.74, 6) is 0.521. The van der Waals surface area contributed by atoms with E-state index in [1.165, 1.54) is 24.5 Å². The number of carbonyl (C=O) groups is 1. The Morgan fingerprint density at radius 2 is 1.93 bits per heavy atom. The average molecular weight is 393 g/mol. The number of para-hydroxylation sites is 1. The molecule has 2 aromatic heterocycles. The highest BCUT2D eigenvalue weighted by Crippen LogP contribution is 2.37. The van der Waals surface area contributed by atoms with Crippen molar-refractivity contribution in [1.82, 2.24) is 29.9 Å². The van der Waals surface area contributed by atoms with E-state index in [2.05, 4.69) is 25.1 Å². The molecule has 1 aromatic carbocycles. The maximum absolute atomic E-state index is 14.5. The number of aryl methyl sites for hydroxylation is 2. The third-order valence-electron chi connectivity index (χ3n) is 5.68. The summed E-state index contributed by atoms with van der Waals surface area (Å²) in [6.07, 6.45) is 4.68. The van der Waals surface area contributed by atoms with E-state index in [0.29, 0.717) is 19.0 Å². The van der Waals surface area contributed by atoms with E-state index in [9.17, 15) is 9.18 Å². The van der Waals surface area contributed by atoms with E-state index in [-0.39, 0.29) is 23.2 Å². The molecule has 2 unspecified atom stereocenters. The molecule has 4 heterocycles. The Labute approximate surface area is 167 Å². The molecule has 2 fully saturated rings. The van der Waals surface area contributed by atoms with Crippen molar-refractivity contribution in [2.24, 2.45) is 5.92 Å². The molecule has 0 bridgehead atoms. The molecule has 8 nitrogen and oxygen atoms in total. The second-order valence-electron chi connectivity index (χ2n) is 7.56. The Kier molecular flexibility index (Phi) is 4.04. The summed E-state index contributed by atoms with van der Waals surface area (Å²) in [7, 11) is 0. The maximum atomic E-state index is 14.5. The van der Waals surface area contributed by atoms with Gasteiger partial charge >= 0.3 is 0 Å². The maximum Gasteiger partial charge on any atom is 0.256 e. The fraction of sp³-hybridized carbons (Fsp3) is 0.350. The lowest BCUT2D eigenvalue weighted by Crippen LogP contribution is -2.56. The van der Waals surface area contributed by atoms with Crippen LogP contribution < -0.4 is 4.90 Å². The number of carbonyl (C=O) groups excluding carboxylic acids is 1. The molecule has 0 saturated carbocycles. The Morgan fingerprint density at radius 3 is 2.72 bits per heavy atom. The molecule has 0 aliphatic carbocycles. The minimum Gasteiger partial charge on any atom is -0.349 e. The van der Waals surface area contributed by atoms with Crippen molar-refractivity contribution in [3.63, 3.8) is 0 Å². The molecule has 1 amide bonds. The van der Waals surface area contributed by atoms with E-state index in [4.69, 9.17) is 0 Å². The smallest absolute Gasteiger partial charge is 0.256 e. The molecule has 2 aliphatic heterocycles. The Bertz CT molecular complexity index is 1080. The largest absolute Gasteiger partial charge is 0.349 e. The zero-order valence-corrected chi connectivity index (χ0v) is 16.2. The third-order valence-corrected chi connectivity index (χ3v) is 5.68. The Morgan fingerprint density at radius 1 is 1.14 bits per heavy atom. The molecule has 0 N–H and O–H groups in total. The monoisotopic (exact) mass is 393 g/mol. The average Bonchev–Trinajstić information content (AvgIpc) is 3.33. The number of aromatic nitrogens is 5. The molecule has 2 saturated heterocycles. The van der Waals surface area contributed by atoms with Crippen LogP contribution in [-0.4, -0.2) is 61.4 Å². The van der Waals surface area contributed by atoms with Gasteiger partial charge in [-0.15, -0.1) is 4.80 Å². The molecule has 0 spiro atoms. The van der Waals surface area contributed by atoms with Crippen LogP contribution in [0.25, 0.3) is 5.69 Å². The number of amides is 1. The number of rotatable bonds is 3. The van der Waals surface area contributed by atoms with Gasteiger partial charge in [0.25, 0.3) is 5.91 Å². The number of fused-ring (bicyclic) bond motifs is 1. The van der Waals surface area contributed by atoms with Gasteiger partial charge in [-0.25, -0.2) is 9.37 Å². The van der Waals surface area contributed by atoms with E-state index in [1.54, 1.807) is 17.2 Å². The lowest BCUT2D eigenvalue weighted by Gasteiger charge is -2.44. The summed E-state index contributed by atoms with van der Waals surface area (Å²) in [6.45, 7) is 5.92. The zero-order valence-electron chi connectivity index (χ0n) is 16.2. The van der Waals surface area contributed by atoms with Crippen molar-refractivity contribution in [3.8, 4) is 5.69 Å². The van der Waals surface area contributed by atoms with E-state index >= 15 is 0 Å². The van der Waals surface area contributed by atoms with Gasteiger partial charge in [0.05, 0.1) is 35.4 Å². The Hall–Kier alpha value is -3.36. The number of hydrogen-bond acceptors (Lipinski definition) is 6. The van der Waals surface area contributed by atoms with Crippen LogP contribution in [0.1, 0.15) is 21.7 Å². The minimum absolute atomic E-state index is 0.0824. The first-order chi connectivity index (χ1) is 14.0. The second-order valence-corrected chi connectivity index (χ2v) is 7.56. The standard InChI is InChI=1S/C20H20FN7O/c1-12-8-22-13(2)19(25-12)27-10-14-9-26(11-17(14)27)20(29)15-4-3-5-16(21)18(15)28-23-6-7-24-28/h3-8,14,17H,9-11H2,1-2H3. The van der Waals surface area contributed by atoms with Crippen LogP contribution in [0.4, 0.5) is 10.2 Å². The van der Waals surface area contributed by atoms with Crippen molar-refractivity contribution in [1.29, 1.82) is 0 Å². The molecule has 148 valence electrons. The van der Waals surface area contributed by atoms with Gasteiger partial charge in [-0.05, 0) is 26.0 Å². The van der Waals surface area contributed by atoms with Crippen LogP contribution >= 0.6 is 0 Å². The highest BCUT2D eigenvalue weighted by molar-refractivity contribution is 5.98. The molecule has 2 atom stereocenters. The number of likely N-dealkylation sites (tertiary alicyclic amines) is 1. The molecular weight excluding hydrogens is 373 g/mol. The molecular formula is C20H20FN7O. The van der Waals surface area contributed by atoms with Crippen LogP contribution in [0.3, 0.4) is 0 Å². The van der Waals surface area contributed by atoms with Crippen molar-refractivity contribution in [2.75, 3.05) is 24.5 Å². The fourth-order valence-corrected chi connectivity index (χ4v) is 4.24. The van der Waals surface area contributed by atoms with E-state index in [1.807, 2.05) is 13.8 Å². The van der Waals surface area contributed by atoms with Gasteiger partial charge in [0.2, 0.25) is 0 Å². The number of benzene rings is 1. The quantitative estimate of drug-likeness (QED) is 0.675. The summed E-state index contributed by atoms with van der Waals surface area (Å²) in [5.41, 5.74) is 2.10. The van der Waals surface area contributed by atoms with Gasteiger partial charge in [0.15, 0.2) is 11.6 Å². The Balaban J connectivity index is 1.40. The van der Waals surface area contributed by atoms with Gasteiger partial charge in [0, 0.05) is 31.7 Å². The summed E-state index contributed by atoms with van der Waals surface area (Å²) in [5, 5.41) is 8.00. The van der Waals surface area contributed by atoms with Gasteiger partial charge < -0.3 is 9.80 Å². The van der Waals surface area contributed by atoms with Crippen molar-refractivity contribution in [3.05, 3.63) is 59.6 Å². The lowest BCUT2D eigenvalue weighted by atomic mass is 9.92. The summed E-state index contributed by atoms with van der Waals surface area (Å²) in [6, 6.07) is 4.68. The van der Waals surface area contributed by atoms with Crippen LogP contribution in [-0.2, 0) is 0 Å². The molecule has 29 heavy (non-hydrogen) atoms. The van der Waals surface area contributed by atoms with Crippen molar-refractivity contribution < 1.29 is 9.18 Å². The molecule has 5 rings (SSSR count). The van der Waals surface area contributed by atoms with Crippen molar-refractivity contribution in [2.45, 2.75) is 19.9 Å². The molecule has 3 aromatic rings. The minimum atomic E-state index is -0.526. The molecule has 0 radical (unpaired) electrons. The number of anilines is 1. The summed E-state index contributed by atoms with van der Waals surface area (Å²) >= 11 is 0. The van der Waals surface area contributed by atoms with Gasteiger partial charge in [-0.3, -0.25) is 9.78 Å². The van der Waals surface area contributed by atoms with Gasteiger partial charge in [0.1, 0.15) is 5.69 Å². The van der Waals surface area contributed by atoms with Crippen LogP contribution in [0.5, 0.6) is 0 Å². The lowest BCUT2D eigenvalue weighted by molar-refractivity contribution is 0.0788. The number of nitrogens with zero attached hydrogens (tertiary/aromatic N) is 7. The van der Waals surface area contributed by atoms with Crippen molar-refractivity contribution >= 4 is 11.7 Å². The summed E-state index contributed by atoms with van der Waals surface area (Å²) < 4.78 is 14.5. The fourth-order valence-electron chi connectivity index (χ4n) is 4.24. The van der Waals surface area contributed by atoms with Crippen LogP contribution in [0, 0.1) is 25.6 Å². The first-order valence-electron chi connectivity index (χ1n) is 9.54. The molecule has 2 aliphatic rings. The first kappa shape index (κ1) is 17.7. The highest BCUT2D eigenvalue weighted by atomic mass is 19.1. The van der Waals surface area contributed by atoms with E-state index < -0.39 is 5.82 Å². The molecule has 9 heteroatoms. The van der Waals surface area contributed by atoms with Gasteiger partial charge in [-0.2, -0.15) is 10.2 Å². The normalized spacial score (nSPS) is 20.5. The highest BCUT2D eigenvalue weighted by Gasteiger charge is 2.48. The predicted molar refractivity (Wildman–Crippen MR) is 103 cm³/mol. The SMILES string of the molecule is Cc1cnc(C)c(N2CC3CN(C(=O)c4cccc(F)c4-n4nccn4)CC32)n1. The third kappa shape index (κ3) is 2.84. The summed E-state index contributed by atoms with van der Waals surface area (Å²) in [4.78, 5) is 27.4. The predicted octanol–water partition coefficient (Wildman–Crippen LogP) is 1.77. The topological polar surface area (TPSA) is 80.0 Å². The van der Waals surface area contributed by atoms with Crippen LogP contribution in [0.15, 0.2) is 36.8 Å². The van der Waals surface area contributed by atoms with E-state index in [0.717, 1.165) is 28.5 Å². The van der Waals surface area contributed by atoms with Gasteiger partial charge in [-0.1, -0.05) is 6.07 Å². The zero-order chi connectivity index (χ0) is 20.1. The van der Waals surface area contributed by atoms with Crippen LogP contribution in [0.2, 0.25) is 0 Å². The number of halogens is 1. The first-order valence-corrected chi connectivity index (χ1v) is 9.54. The number of hydrogen-bond donors (Lipinski definition) is 0.